The maximum absolute atomic E-state index is 12.7. The molecule has 0 N–H and O–H groups in total. The number of rotatable bonds is 5. The zero-order valence-electron chi connectivity index (χ0n) is 16.8. The molecule has 0 bridgehead atoms. The van der Waals surface area contributed by atoms with Gasteiger partial charge in [-0.2, -0.15) is 0 Å². The van der Waals surface area contributed by atoms with Crippen LogP contribution in [0.3, 0.4) is 0 Å². The lowest BCUT2D eigenvalue weighted by Gasteiger charge is -2.30. The van der Waals surface area contributed by atoms with E-state index in [-0.39, 0.29) is 11.6 Å². The molecule has 24 heavy (non-hydrogen) atoms. The molecule has 0 aromatic carbocycles. The number of carbonyl (C=O) groups excluding carboxylic acids is 1. The molecule has 0 spiro atoms. The molecule has 1 amide bonds. The van der Waals surface area contributed by atoms with E-state index in [2.05, 4.69) is 30.7 Å². The molecule has 5 nitrogen and oxygen atoms in total. The number of aliphatic imine (C=N–C) groups is 1. The highest BCUT2D eigenvalue weighted by molar-refractivity contribution is 6.83. The lowest BCUT2D eigenvalue weighted by Crippen LogP contribution is -2.43. The third-order valence-electron chi connectivity index (χ3n) is 3.67. The molecule has 0 unspecified atom stereocenters. The van der Waals surface area contributed by atoms with Crippen molar-refractivity contribution in [2.24, 2.45) is 4.99 Å². The van der Waals surface area contributed by atoms with E-state index >= 15 is 0 Å². The summed E-state index contributed by atoms with van der Waals surface area (Å²) >= 11 is 0. The molecule has 0 atom stereocenters. The van der Waals surface area contributed by atoms with E-state index in [9.17, 15) is 4.79 Å². The van der Waals surface area contributed by atoms with Crippen molar-refractivity contribution in [3.05, 3.63) is 11.3 Å². The van der Waals surface area contributed by atoms with E-state index in [1.165, 1.54) is 5.20 Å². The average Bonchev–Trinajstić information content (AvgIpc) is 2.70. The van der Waals surface area contributed by atoms with Gasteiger partial charge in [0.05, 0.1) is 13.6 Å². The van der Waals surface area contributed by atoms with Crippen LogP contribution in [0.2, 0.25) is 19.6 Å². The SMILES string of the molecule is C/C=C(/CN(CC1=NC(C)(C)CO1)C(=O)OC(C)(C)C)[Si](C)(C)C. The first-order chi connectivity index (χ1) is 10.7. The third kappa shape index (κ3) is 6.67. The summed E-state index contributed by atoms with van der Waals surface area (Å²) in [4.78, 5) is 18.9. The van der Waals surface area contributed by atoms with E-state index in [4.69, 9.17) is 9.47 Å². The Morgan fingerprint density at radius 3 is 2.33 bits per heavy atom. The zero-order chi connectivity index (χ0) is 18.8. The van der Waals surface area contributed by atoms with Crippen LogP contribution in [0.5, 0.6) is 0 Å². The van der Waals surface area contributed by atoms with Crippen LogP contribution in [0.25, 0.3) is 0 Å². The summed E-state index contributed by atoms with van der Waals surface area (Å²) in [6, 6.07) is 0. The summed E-state index contributed by atoms with van der Waals surface area (Å²) < 4.78 is 11.3. The second-order valence-corrected chi connectivity index (χ2v) is 14.1. The minimum absolute atomic E-state index is 0.225. The van der Waals surface area contributed by atoms with Gasteiger partial charge in [0.2, 0.25) is 5.90 Å². The van der Waals surface area contributed by atoms with Crippen LogP contribution >= 0.6 is 0 Å². The van der Waals surface area contributed by atoms with Crippen molar-refractivity contribution < 1.29 is 14.3 Å². The molecule has 6 heteroatoms. The summed E-state index contributed by atoms with van der Waals surface area (Å²) in [5.74, 6) is 0.608. The van der Waals surface area contributed by atoms with Crippen molar-refractivity contribution in [3.63, 3.8) is 0 Å². The molecule has 0 fully saturated rings. The number of amides is 1. The highest BCUT2D eigenvalue weighted by atomic mass is 28.3. The van der Waals surface area contributed by atoms with Gasteiger partial charge in [-0.1, -0.05) is 30.9 Å². The van der Waals surface area contributed by atoms with E-state index in [0.29, 0.717) is 25.6 Å². The first kappa shape index (κ1) is 20.7. The first-order valence-corrected chi connectivity index (χ1v) is 12.1. The Labute approximate surface area is 148 Å². The fraction of sp³-hybridized carbons (Fsp3) is 0.778. The van der Waals surface area contributed by atoms with Crippen molar-refractivity contribution in [2.75, 3.05) is 19.7 Å². The highest BCUT2D eigenvalue weighted by Crippen LogP contribution is 2.21. The van der Waals surface area contributed by atoms with E-state index in [1.807, 2.05) is 41.5 Å². The fourth-order valence-electron chi connectivity index (χ4n) is 2.38. The van der Waals surface area contributed by atoms with Crippen LogP contribution in [-0.4, -0.2) is 55.8 Å². The van der Waals surface area contributed by atoms with Crippen LogP contribution < -0.4 is 0 Å². The van der Waals surface area contributed by atoms with E-state index in [0.717, 1.165) is 0 Å². The Balaban J connectivity index is 2.97. The molecule has 0 aromatic heterocycles. The van der Waals surface area contributed by atoms with Gasteiger partial charge >= 0.3 is 6.09 Å². The minimum Gasteiger partial charge on any atom is -0.477 e. The van der Waals surface area contributed by atoms with Gasteiger partial charge in [-0.05, 0) is 41.5 Å². The molecule has 0 saturated carbocycles. The van der Waals surface area contributed by atoms with Gasteiger partial charge < -0.3 is 9.47 Å². The molecular formula is C18H34N2O3Si. The van der Waals surface area contributed by atoms with Gasteiger partial charge in [-0.25, -0.2) is 9.79 Å². The third-order valence-corrected chi connectivity index (χ3v) is 6.04. The predicted octanol–water partition coefficient (Wildman–Crippen LogP) is 4.25. The normalized spacial score (nSPS) is 18.0. The number of hydrogen-bond donors (Lipinski definition) is 0. The first-order valence-electron chi connectivity index (χ1n) is 8.59. The average molecular weight is 355 g/mol. The van der Waals surface area contributed by atoms with E-state index in [1.54, 1.807) is 4.90 Å². The van der Waals surface area contributed by atoms with Gasteiger partial charge in [0.1, 0.15) is 18.8 Å². The lowest BCUT2D eigenvalue weighted by atomic mass is 10.1. The zero-order valence-corrected chi connectivity index (χ0v) is 17.8. The largest absolute Gasteiger partial charge is 0.477 e. The Hall–Kier alpha value is -1.30. The fourth-order valence-corrected chi connectivity index (χ4v) is 3.92. The standard InChI is InChI=1S/C18H34N2O3Si/c1-10-14(24(7,8)9)11-20(16(21)23-17(2,3)4)12-15-19-18(5,6)13-22-15/h10H,11-13H2,1-9H3/b14-10-. The Bertz CT molecular complexity index is 525. The summed E-state index contributed by atoms with van der Waals surface area (Å²) in [5.41, 5.74) is -0.751. The monoisotopic (exact) mass is 354 g/mol. The molecule has 1 aliphatic heterocycles. The summed E-state index contributed by atoms with van der Waals surface area (Å²) in [6.45, 7) is 20.0. The van der Waals surface area contributed by atoms with Crippen LogP contribution in [0.15, 0.2) is 16.3 Å². The smallest absolute Gasteiger partial charge is 0.411 e. The molecule has 1 rings (SSSR count). The molecule has 1 aliphatic rings. The second kappa shape index (κ2) is 7.29. The van der Waals surface area contributed by atoms with Crippen molar-refractivity contribution in [1.29, 1.82) is 0 Å². The minimum atomic E-state index is -1.51. The second-order valence-electron chi connectivity index (χ2n) is 9.01. The number of allylic oxidation sites excluding steroid dienone is 1. The maximum Gasteiger partial charge on any atom is 0.411 e. The number of ether oxygens (including phenoxy) is 2. The van der Waals surface area contributed by atoms with Crippen molar-refractivity contribution in [1.82, 2.24) is 4.90 Å². The van der Waals surface area contributed by atoms with Gasteiger partial charge in [0.15, 0.2) is 0 Å². The molecule has 138 valence electrons. The van der Waals surface area contributed by atoms with Gasteiger partial charge in [-0.15, -0.1) is 0 Å². The van der Waals surface area contributed by atoms with Gasteiger partial charge in [-0.3, -0.25) is 4.90 Å². The number of carbonyl (C=O) groups is 1. The van der Waals surface area contributed by atoms with Crippen molar-refractivity contribution in [2.45, 2.75) is 72.3 Å². The number of nitrogens with zero attached hydrogens (tertiary/aromatic N) is 2. The van der Waals surface area contributed by atoms with Crippen molar-refractivity contribution in [3.8, 4) is 0 Å². The molecule has 0 aromatic rings. The van der Waals surface area contributed by atoms with Gasteiger partial charge in [0.25, 0.3) is 0 Å². The highest BCUT2D eigenvalue weighted by Gasteiger charge is 2.31. The maximum atomic E-state index is 12.7. The Morgan fingerprint density at radius 1 is 1.38 bits per heavy atom. The molecule has 0 aliphatic carbocycles. The Kier molecular flexibility index (Phi) is 6.30. The summed E-state index contributed by atoms with van der Waals surface area (Å²) in [5, 5.41) is 1.31. The molecule has 1 heterocycles. The Morgan fingerprint density at radius 2 is 1.96 bits per heavy atom. The summed E-state index contributed by atoms with van der Waals surface area (Å²) in [6.07, 6.45) is 1.81. The van der Waals surface area contributed by atoms with Crippen LogP contribution in [0.1, 0.15) is 41.5 Å². The summed E-state index contributed by atoms with van der Waals surface area (Å²) in [7, 11) is -1.51. The van der Waals surface area contributed by atoms with Crippen LogP contribution in [0, 0.1) is 0 Å². The quantitative estimate of drug-likeness (QED) is 0.693. The topological polar surface area (TPSA) is 51.1 Å². The van der Waals surface area contributed by atoms with Crippen LogP contribution in [-0.2, 0) is 9.47 Å². The lowest BCUT2D eigenvalue weighted by molar-refractivity contribution is 0.0289. The molecule has 0 saturated heterocycles. The van der Waals surface area contributed by atoms with Gasteiger partial charge in [0, 0.05) is 6.54 Å². The molecule has 0 radical (unpaired) electrons. The molecular weight excluding hydrogens is 320 g/mol. The predicted molar refractivity (Wildman–Crippen MR) is 102 cm³/mol. The van der Waals surface area contributed by atoms with Crippen LogP contribution in [0.4, 0.5) is 4.79 Å². The number of hydrogen-bond acceptors (Lipinski definition) is 4. The van der Waals surface area contributed by atoms with E-state index < -0.39 is 13.7 Å². The van der Waals surface area contributed by atoms with Crippen molar-refractivity contribution >= 4 is 20.1 Å².